The minimum absolute atomic E-state index is 0.254. The second kappa shape index (κ2) is 12.4. The number of nitrogens with one attached hydrogen (secondary N) is 1. The summed E-state index contributed by atoms with van der Waals surface area (Å²) in [5.74, 6) is 0.875. The predicted molar refractivity (Wildman–Crippen MR) is 215 cm³/mol. The summed E-state index contributed by atoms with van der Waals surface area (Å²) >= 11 is 0. The molecular weight excluding hydrogens is 635 g/mol. The molecule has 0 saturated carbocycles. The molecule has 0 amide bonds. The third-order valence-corrected chi connectivity index (χ3v) is 10.1. The van der Waals surface area contributed by atoms with Gasteiger partial charge >= 0.3 is 0 Å². The van der Waals surface area contributed by atoms with Gasteiger partial charge in [-0.05, 0) is 70.3 Å². The van der Waals surface area contributed by atoms with E-state index in [1.165, 1.54) is 16.5 Å². The molecule has 9 aromatic rings. The van der Waals surface area contributed by atoms with Crippen molar-refractivity contribution in [2.24, 2.45) is 4.99 Å². The zero-order valence-electron chi connectivity index (χ0n) is 28.3. The number of aliphatic imine (C=N–C) groups is 1. The van der Waals surface area contributed by atoms with Crippen LogP contribution in [0.5, 0.6) is 0 Å². The third kappa shape index (κ3) is 5.21. The SMILES string of the molecule is C1=C(c2ccc(-c3ccccc3)cc2)NC(c2ccc(-n3c4ccccc4c4c5oc(-c6ccccc6)cc5ccc43)cc2)N=C1c1ccccc1. The van der Waals surface area contributed by atoms with Gasteiger partial charge in [-0.3, -0.25) is 4.99 Å². The minimum Gasteiger partial charge on any atom is -0.455 e. The molecule has 0 bridgehead atoms. The van der Waals surface area contributed by atoms with Crippen LogP contribution < -0.4 is 5.32 Å². The molecule has 3 heterocycles. The van der Waals surface area contributed by atoms with Crippen molar-refractivity contribution in [3.8, 4) is 28.1 Å². The van der Waals surface area contributed by atoms with E-state index in [-0.39, 0.29) is 6.17 Å². The molecule has 0 saturated heterocycles. The largest absolute Gasteiger partial charge is 0.455 e. The van der Waals surface area contributed by atoms with Gasteiger partial charge in [0.15, 0.2) is 0 Å². The fraction of sp³-hybridized carbons (Fsp3) is 0.0208. The number of furan rings is 1. The Hall–Kier alpha value is -6.91. The molecule has 1 aliphatic heterocycles. The van der Waals surface area contributed by atoms with Gasteiger partial charge in [-0.25, -0.2) is 0 Å². The number of fused-ring (bicyclic) bond motifs is 5. The summed E-state index contributed by atoms with van der Waals surface area (Å²) in [6.07, 6.45) is 1.91. The summed E-state index contributed by atoms with van der Waals surface area (Å²) in [7, 11) is 0. The Bertz CT molecular complexity index is 2770. The quantitative estimate of drug-likeness (QED) is 0.192. The van der Waals surface area contributed by atoms with Crippen LogP contribution in [-0.2, 0) is 0 Å². The Kier molecular flexibility index (Phi) is 7.17. The number of allylic oxidation sites excluding steroid dienone is 1. The second-order valence-corrected chi connectivity index (χ2v) is 13.2. The van der Waals surface area contributed by atoms with Crippen LogP contribution in [0.1, 0.15) is 22.9 Å². The highest BCUT2D eigenvalue weighted by atomic mass is 16.3. The molecule has 1 unspecified atom stereocenters. The van der Waals surface area contributed by atoms with Crippen LogP contribution in [0.2, 0.25) is 0 Å². The predicted octanol–water partition coefficient (Wildman–Crippen LogP) is 12.0. The maximum atomic E-state index is 6.60. The zero-order chi connectivity index (χ0) is 34.4. The second-order valence-electron chi connectivity index (χ2n) is 13.2. The van der Waals surface area contributed by atoms with Gasteiger partial charge < -0.3 is 14.3 Å². The topological polar surface area (TPSA) is 42.5 Å². The number of aromatic nitrogens is 1. The first-order valence-corrected chi connectivity index (χ1v) is 17.7. The van der Waals surface area contributed by atoms with Crippen molar-refractivity contribution in [3.05, 3.63) is 205 Å². The maximum absolute atomic E-state index is 6.60. The van der Waals surface area contributed by atoms with E-state index in [0.717, 1.165) is 72.5 Å². The standard InChI is InChI=1S/C48H33N3O/c1-4-12-32(13-5-1)33-20-22-35(23-21-33)42-31-41(34-14-6-2-7-15-34)49-48(50-42)37-24-27-39(28-25-37)51-43-19-11-10-18-40(43)46-44(51)29-26-38-30-45(52-47(38)46)36-16-8-3-9-17-36/h1-31,48,50H. The lowest BCUT2D eigenvalue weighted by Crippen LogP contribution is -2.24. The molecule has 0 radical (unpaired) electrons. The number of hydrogen-bond acceptors (Lipinski definition) is 3. The summed E-state index contributed by atoms with van der Waals surface area (Å²) < 4.78 is 8.94. The summed E-state index contributed by atoms with van der Waals surface area (Å²) in [6, 6.07) is 63.9. The fourth-order valence-corrected chi connectivity index (χ4v) is 7.48. The van der Waals surface area contributed by atoms with Crippen molar-refractivity contribution in [1.29, 1.82) is 0 Å². The summed E-state index contributed by atoms with van der Waals surface area (Å²) in [5.41, 5.74) is 13.0. The molecule has 0 spiro atoms. The van der Waals surface area contributed by atoms with Gasteiger partial charge in [-0.2, -0.15) is 0 Å². The number of benzene rings is 7. The van der Waals surface area contributed by atoms with E-state index in [9.17, 15) is 0 Å². The maximum Gasteiger partial charge on any atom is 0.145 e. The van der Waals surface area contributed by atoms with Crippen molar-refractivity contribution in [3.63, 3.8) is 0 Å². The highest BCUT2D eigenvalue weighted by Crippen LogP contribution is 2.40. The van der Waals surface area contributed by atoms with Crippen LogP contribution in [0, 0.1) is 0 Å². The first-order valence-electron chi connectivity index (χ1n) is 17.7. The van der Waals surface area contributed by atoms with Crippen molar-refractivity contribution < 1.29 is 4.42 Å². The molecule has 1 aliphatic rings. The Balaban J connectivity index is 1.03. The molecule has 0 fully saturated rings. The van der Waals surface area contributed by atoms with E-state index in [0.29, 0.717) is 0 Å². The van der Waals surface area contributed by atoms with Crippen molar-refractivity contribution >= 4 is 44.2 Å². The first kappa shape index (κ1) is 30.0. The zero-order valence-corrected chi connectivity index (χ0v) is 28.3. The smallest absolute Gasteiger partial charge is 0.145 e. The normalized spacial score (nSPS) is 14.3. The van der Waals surface area contributed by atoms with Crippen molar-refractivity contribution in [2.75, 3.05) is 0 Å². The van der Waals surface area contributed by atoms with Gasteiger partial charge in [-0.1, -0.05) is 146 Å². The van der Waals surface area contributed by atoms with Crippen LogP contribution in [0.3, 0.4) is 0 Å². The highest BCUT2D eigenvalue weighted by Gasteiger charge is 2.21. The van der Waals surface area contributed by atoms with Gasteiger partial charge in [-0.15, -0.1) is 0 Å². The summed E-state index contributed by atoms with van der Waals surface area (Å²) in [4.78, 5) is 5.23. The Labute approximate surface area is 301 Å². The van der Waals surface area contributed by atoms with Crippen LogP contribution in [0.15, 0.2) is 197 Å². The Morgan fingerprint density at radius 1 is 0.519 bits per heavy atom. The van der Waals surface area contributed by atoms with Crippen LogP contribution >= 0.6 is 0 Å². The Morgan fingerprint density at radius 2 is 1.13 bits per heavy atom. The van der Waals surface area contributed by atoms with Gasteiger partial charge in [0, 0.05) is 27.7 Å². The lowest BCUT2D eigenvalue weighted by atomic mass is 9.99. The van der Waals surface area contributed by atoms with Gasteiger partial charge in [0.2, 0.25) is 0 Å². The van der Waals surface area contributed by atoms with Crippen LogP contribution in [0.25, 0.3) is 66.6 Å². The van der Waals surface area contributed by atoms with E-state index in [2.05, 4.69) is 168 Å². The Morgan fingerprint density at radius 3 is 1.87 bits per heavy atom. The van der Waals surface area contributed by atoms with E-state index >= 15 is 0 Å². The molecule has 4 nitrogen and oxygen atoms in total. The van der Waals surface area contributed by atoms with Gasteiger partial charge in [0.25, 0.3) is 0 Å². The van der Waals surface area contributed by atoms with Crippen molar-refractivity contribution in [1.82, 2.24) is 9.88 Å². The van der Waals surface area contributed by atoms with Crippen molar-refractivity contribution in [2.45, 2.75) is 6.17 Å². The molecule has 52 heavy (non-hydrogen) atoms. The summed E-state index contributed by atoms with van der Waals surface area (Å²) in [6.45, 7) is 0. The van der Waals surface area contributed by atoms with Gasteiger partial charge in [0.1, 0.15) is 17.5 Å². The third-order valence-electron chi connectivity index (χ3n) is 10.1. The molecule has 10 rings (SSSR count). The molecule has 246 valence electrons. The average Bonchev–Trinajstić information content (AvgIpc) is 3.82. The lowest BCUT2D eigenvalue weighted by Gasteiger charge is -2.25. The number of hydrogen-bond donors (Lipinski definition) is 1. The lowest BCUT2D eigenvalue weighted by molar-refractivity contribution is 0.635. The molecule has 0 aliphatic carbocycles. The van der Waals surface area contributed by atoms with Crippen LogP contribution in [0.4, 0.5) is 0 Å². The molecule has 1 N–H and O–H groups in total. The van der Waals surface area contributed by atoms with E-state index in [4.69, 9.17) is 9.41 Å². The number of nitrogens with zero attached hydrogens (tertiary/aromatic N) is 2. The minimum atomic E-state index is -0.254. The first-order chi connectivity index (χ1) is 25.8. The average molecular weight is 668 g/mol. The molecule has 2 aromatic heterocycles. The number of para-hydroxylation sites is 1. The fourth-order valence-electron chi connectivity index (χ4n) is 7.48. The van der Waals surface area contributed by atoms with Crippen LogP contribution in [-0.4, -0.2) is 10.3 Å². The summed E-state index contributed by atoms with van der Waals surface area (Å²) in [5, 5.41) is 7.14. The monoisotopic (exact) mass is 667 g/mol. The number of rotatable bonds is 6. The van der Waals surface area contributed by atoms with Gasteiger partial charge in [0.05, 0.1) is 22.1 Å². The molecule has 7 aromatic carbocycles. The molecule has 1 atom stereocenters. The molecule has 4 heteroatoms. The van der Waals surface area contributed by atoms with E-state index in [1.54, 1.807) is 0 Å². The highest BCUT2D eigenvalue weighted by molar-refractivity contribution is 6.20. The van der Waals surface area contributed by atoms with E-state index in [1.807, 2.05) is 30.3 Å². The van der Waals surface area contributed by atoms with E-state index < -0.39 is 0 Å². The molecular formula is C48H33N3O.